The van der Waals surface area contributed by atoms with Gasteiger partial charge in [0, 0.05) is 10.5 Å². The fraction of sp³-hybridized carbons (Fsp3) is 0.300. The van der Waals surface area contributed by atoms with Crippen molar-refractivity contribution in [2.45, 2.75) is 31.9 Å². The SMILES string of the molecule is C#CCNC1CCCc2c(OCc3ccc(Br)cc3)cccc21. The van der Waals surface area contributed by atoms with Gasteiger partial charge in [-0.2, -0.15) is 0 Å². The third-order valence-electron chi connectivity index (χ3n) is 4.22. The molecule has 1 atom stereocenters. The second-order valence-electron chi connectivity index (χ2n) is 5.77. The van der Waals surface area contributed by atoms with E-state index < -0.39 is 0 Å². The van der Waals surface area contributed by atoms with Crippen LogP contribution in [-0.4, -0.2) is 6.54 Å². The first-order chi connectivity index (χ1) is 11.3. The average molecular weight is 370 g/mol. The summed E-state index contributed by atoms with van der Waals surface area (Å²) in [4.78, 5) is 0. The number of ether oxygens (including phenoxy) is 1. The van der Waals surface area contributed by atoms with E-state index in [4.69, 9.17) is 11.2 Å². The van der Waals surface area contributed by atoms with Gasteiger partial charge in [-0.05, 0) is 54.2 Å². The van der Waals surface area contributed by atoms with Gasteiger partial charge in [-0.15, -0.1) is 6.42 Å². The Hall–Kier alpha value is -1.76. The third kappa shape index (κ3) is 3.96. The highest BCUT2D eigenvalue weighted by molar-refractivity contribution is 9.10. The summed E-state index contributed by atoms with van der Waals surface area (Å²) < 4.78 is 7.18. The number of halogens is 1. The van der Waals surface area contributed by atoms with E-state index in [1.165, 1.54) is 16.7 Å². The molecule has 0 fully saturated rings. The molecule has 23 heavy (non-hydrogen) atoms. The molecule has 2 aromatic rings. The summed E-state index contributed by atoms with van der Waals surface area (Å²) in [5, 5.41) is 3.44. The van der Waals surface area contributed by atoms with Gasteiger partial charge in [0.15, 0.2) is 0 Å². The van der Waals surface area contributed by atoms with Crippen molar-refractivity contribution in [1.82, 2.24) is 5.32 Å². The van der Waals surface area contributed by atoms with E-state index in [9.17, 15) is 0 Å². The van der Waals surface area contributed by atoms with Crippen molar-refractivity contribution in [2.75, 3.05) is 6.54 Å². The van der Waals surface area contributed by atoms with Gasteiger partial charge in [-0.25, -0.2) is 0 Å². The fourth-order valence-corrected chi connectivity index (χ4v) is 3.35. The summed E-state index contributed by atoms with van der Waals surface area (Å²) in [6.07, 6.45) is 8.74. The minimum absolute atomic E-state index is 0.339. The standard InChI is InChI=1S/C20H20BrNO/c1-2-13-22-19-7-3-6-18-17(19)5-4-8-20(18)23-14-15-9-11-16(21)12-10-15/h1,4-5,8-12,19,22H,3,6-7,13-14H2. The number of benzene rings is 2. The van der Waals surface area contributed by atoms with E-state index in [2.05, 4.69) is 57.5 Å². The topological polar surface area (TPSA) is 21.3 Å². The van der Waals surface area contributed by atoms with E-state index >= 15 is 0 Å². The summed E-state index contributed by atoms with van der Waals surface area (Å²) >= 11 is 3.46. The molecule has 0 heterocycles. The highest BCUT2D eigenvalue weighted by atomic mass is 79.9. The van der Waals surface area contributed by atoms with Crippen molar-refractivity contribution in [3.8, 4) is 18.1 Å². The molecule has 1 unspecified atom stereocenters. The van der Waals surface area contributed by atoms with Crippen molar-refractivity contribution >= 4 is 15.9 Å². The largest absolute Gasteiger partial charge is 0.489 e. The van der Waals surface area contributed by atoms with Crippen LogP contribution in [0.25, 0.3) is 0 Å². The van der Waals surface area contributed by atoms with Gasteiger partial charge in [0.25, 0.3) is 0 Å². The average Bonchev–Trinajstić information content (AvgIpc) is 2.59. The lowest BCUT2D eigenvalue weighted by Crippen LogP contribution is -2.25. The van der Waals surface area contributed by atoms with Crippen molar-refractivity contribution in [3.05, 3.63) is 63.6 Å². The molecule has 2 nitrogen and oxygen atoms in total. The summed E-state index contributed by atoms with van der Waals surface area (Å²) in [7, 11) is 0. The second-order valence-corrected chi connectivity index (χ2v) is 6.68. The Labute approximate surface area is 146 Å². The molecule has 0 spiro atoms. The first-order valence-corrected chi connectivity index (χ1v) is 8.73. The quantitative estimate of drug-likeness (QED) is 0.775. The van der Waals surface area contributed by atoms with Crippen LogP contribution in [0.1, 0.15) is 35.6 Å². The molecule has 0 radical (unpaired) electrons. The summed E-state index contributed by atoms with van der Waals surface area (Å²) in [5.74, 6) is 3.66. The maximum atomic E-state index is 6.10. The predicted octanol–water partition coefficient (Wildman–Crippen LogP) is 4.63. The molecule has 0 saturated carbocycles. The highest BCUT2D eigenvalue weighted by Crippen LogP contribution is 2.35. The normalized spacial score (nSPS) is 16.4. The molecule has 3 heteroatoms. The molecular formula is C20H20BrNO. The smallest absolute Gasteiger partial charge is 0.123 e. The van der Waals surface area contributed by atoms with Crippen molar-refractivity contribution < 1.29 is 4.74 Å². The molecular weight excluding hydrogens is 350 g/mol. The van der Waals surface area contributed by atoms with Crippen LogP contribution in [0.15, 0.2) is 46.9 Å². The zero-order valence-corrected chi connectivity index (χ0v) is 14.6. The van der Waals surface area contributed by atoms with Gasteiger partial charge in [0.05, 0.1) is 6.54 Å². The van der Waals surface area contributed by atoms with Crippen molar-refractivity contribution in [1.29, 1.82) is 0 Å². The fourth-order valence-electron chi connectivity index (χ4n) is 3.09. The zero-order valence-electron chi connectivity index (χ0n) is 13.0. The lowest BCUT2D eigenvalue weighted by Gasteiger charge is -2.27. The molecule has 1 aliphatic rings. The molecule has 0 bridgehead atoms. The van der Waals surface area contributed by atoms with E-state index in [1.807, 2.05) is 12.1 Å². The van der Waals surface area contributed by atoms with Crippen LogP contribution in [0, 0.1) is 12.3 Å². The molecule has 0 aromatic heterocycles. The van der Waals surface area contributed by atoms with E-state index in [0.29, 0.717) is 19.2 Å². The molecule has 2 aromatic carbocycles. The van der Waals surface area contributed by atoms with E-state index in [0.717, 1.165) is 29.5 Å². The maximum Gasteiger partial charge on any atom is 0.123 e. The Bertz CT molecular complexity index is 703. The predicted molar refractivity (Wildman–Crippen MR) is 97.4 cm³/mol. The van der Waals surface area contributed by atoms with Crippen molar-refractivity contribution in [3.63, 3.8) is 0 Å². The molecule has 3 rings (SSSR count). The van der Waals surface area contributed by atoms with E-state index in [-0.39, 0.29) is 0 Å². The molecule has 118 valence electrons. The maximum absolute atomic E-state index is 6.10. The number of hydrogen-bond acceptors (Lipinski definition) is 2. The second kappa shape index (κ2) is 7.68. The van der Waals surface area contributed by atoms with E-state index in [1.54, 1.807) is 0 Å². The van der Waals surface area contributed by atoms with Gasteiger partial charge in [-0.3, -0.25) is 5.32 Å². The Morgan fingerprint density at radius 3 is 2.83 bits per heavy atom. The minimum atomic E-state index is 0.339. The van der Waals surface area contributed by atoms with Gasteiger partial charge >= 0.3 is 0 Å². The number of nitrogens with one attached hydrogen (secondary N) is 1. The first kappa shape index (κ1) is 16.1. The van der Waals surface area contributed by atoms with Crippen LogP contribution in [0.4, 0.5) is 0 Å². The lowest BCUT2D eigenvalue weighted by atomic mass is 9.87. The summed E-state index contributed by atoms with van der Waals surface area (Å²) in [6.45, 7) is 1.19. The van der Waals surface area contributed by atoms with Crippen LogP contribution < -0.4 is 10.1 Å². The van der Waals surface area contributed by atoms with Crippen LogP contribution in [-0.2, 0) is 13.0 Å². The number of terminal acetylenes is 1. The minimum Gasteiger partial charge on any atom is -0.489 e. The monoisotopic (exact) mass is 369 g/mol. The Kier molecular flexibility index (Phi) is 5.38. The summed E-state index contributed by atoms with van der Waals surface area (Å²) in [6, 6.07) is 14.9. The number of hydrogen-bond donors (Lipinski definition) is 1. The number of rotatable bonds is 5. The van der Waals surface area contributed by atoms with Gasteiger partial charge in [0.2, 0.25) is 0 Å². The molecule has 1 N–H and O–H groups in total. The Morgan fingerprint density at radius 2 is 2.04 bits per heavy atom. The lowest BCUT2D eigenvalue weighted by molar-refractivity contribution is 0.299. The third-order valence-corrected chi connectivity index (χ3v) is 4.75. The highest BCUT2D eigenvalue weighted by Gasteiger charge is 2.22. The zero-order chi connectivity index (χ0) is 16.1. The Morgan fingerprint density at radius 1 is 1.22 bits per heavy atom. The first-order valence-electron chi connectivity index (χ1n) is 7.94. The van der Waals surface area contributed by atoms with Crippen molar-refractivity contribution in [2.24, 2.45) is 0 Å². The molecule has 0 saturated heterocycles. The van der Waals surface area contributed by atoms with Crippen LogP contribution >= 0.6 is 15.9 Å². The van der Waals surface area contributed by atoms with Gasteiger partial charge in [0.1, 0.15) is 12.4 Å². The van der Waals surface area contributed by atoms with Crippen LogP contribution in [0.5, 0.6) is 5.75 Å². The molecule has 0 amide bonds. The van der Waals surface area contributed by atoms with Crippen LogP contribution in [0.2, 0.25) is 0 Å². The van der Waals surface area contributed by atoms with Gasteiger partial charge in [-0.1, -0.05) is 46.1 Å². The summed E-state index contributed by atoms with van der Waals surface area (Å²) in [5.41, 5.74) is 3.83. The number of fused-ring (bicyclic) bond motifs is 1. The molecule has 1 aliphatic carbocycles. The van der Waals surface area contributed by atoms with Crippen LogP contribution in [0.3, 0.4) is 0 Å². The Balaban J connectivity index is 1.75. The molecule has 0 aliphatic heterocycles. The van der Waals surface area contributed by atoms with Gasteiger partial charge < -0.3 is 4.74 Å².